The van der Waals surface area contributed by atoms with Crippen LogP contribution in [0.3, 0.4) is 0 Å². The predicted octanol–water partition coefficient (Wildman–Crippen LogP) is 2.01. The van der Waals surface area contributed by atoms with Gasteiger partial charge in [0.2, 0.25) is 0 Å². The quantitative estimate of drug-likeness (QED) is 0.819. The monoisotopic (exact) mass is 206 g/mol. The number of amides is 1. The van der Waals surface area contributed by atoms with Crippen molar-refractivity contribution in [1.29, 1.82) is 5.26 Å². The van der Waals surface area contributed by atoms with Gasteiger partial charge >= 0.3 is 0 Å². The number of nitriles is 1. The molecule has 1 amide bonds. The van der Waals surface area contributed by atoms with E-state index in [2.05, 4.69) is 5.32 Å². The van der Waals surface area contributed by atoms with E-state index in [0.717, 1.165) is 6.42 Å². The minimum Gasteiger partial charge on any atom is -0.456 e. The molecule has 1 unspecified atom stereocenters. The minimum absolute atomic E-state index is 0.104. The molecule has 1 atom stereocenters. The maximum Gasteiger partial charge on any atom is 0.287 e. The summed E-state index contributed by atoms with van der Waals surface area (Å²) in [5.41, 5.74) is 0. The van der Waals surface area contributed by atoms with Crippen LogP contribution in [0, 0.1) is 18.3 Å². The maximum absolute atomic E-state index is 11.6. The second-order valence-electron chi connectivity index (χ2n) is 3.35. The highest BCUT2D eigenvalue weighted by molar-refractivity contribution is 5.91. The summed E-state index contributed by atoms with van der Waals surface area (Å²) in [6.07, 6.45) is 1.06. The van der Waals surface area contributed by atoms with Gasteiger partial charge < -0.3 is 9.73 Å². The van der Waals surface area contributed by atoms with Crippen molar-refractivity contribution in [1.82, 2.24) is 5.32 Å². The molecule has 0 aliphatic heterocycles. The highest BCUT2D eigenvalue weighted by Crippen LogP contribution is 2.07. The van der Waals surface area contributed by atoms with E-state index in [0.29, 0.717) is 17.9 Å². The summed E-state index contributed by atoms with van der Waals surface area (Å²) in [5.74, 6) is 0.738. The highest BCUT2D eigenvalue weighted by Gasteiger charge is 2.14. The molecule has 0 bridgehead atoms. The number of furan rings is 1. The molecule has 1 aromatic heterocycles. The molecule has 0 radical (unpaired) electrons. The van der Waals surface area contributed by atoms with Crippen molar-refractivity contribution in [3.8, 4) is 6.07 Å². The van der Waals surface area contributed by atoms with Crippen molar-refractivity contribution < 1.29 is 9.21 Å². The highest BCUT2D eigenvalue weighted by atomic mass is 16.3. The van der Waals surface area contributed by atoms with Crippen LogP contribution < -0.4 is 5.32 Å². The Bertz CT molecular complexity index is 376. The molecule has 15 heavy (non-hydrogen) atoms. The van der Waals surface area contributed by atoms with Gasteiger partial charge in [-0.25, -0.2) is 0 Å². The van der Waals surface area contributed by atoms with E-state index in [1.165, 1.54) is 0 Å². The first kappa shape index (κ1) is 11.3. The van der Waals surface area contributed by atoms with Gasteiger partial charge in [0.1, 0.15) is 5.76 Å². The average molecular weight is 206 g/mol. The number of nitrogens with zero attached hydrogens (tertiary/aromatic N) is 1. The van der Waals surface area contributed by atoms with Crippen molar-refractivity contribution in [3.63, 3.8) is 0 Å². The second-order valence-corrected chi connectivity index (χ2v) is 3.35. The third-order valence-electron chi connectivity index (χ3n) is 2.13. The molecule has 4 heteroatoms. The number of nitrogens with one attached hydrogen (secondary N) is 1. The van der Waals surface area contributed by atoms with E-state index >= 15 is 0 Å². The fourth-order valence-electron chi connectivity index (χ4n) is 1.22. The lowest BCUT2D eigenvalue weighted by Gasteiger charge is -2.11. The molecule has 0 fully saturated rings. The number of rotatable bonds is 4. The smallest absolute Gasteiger partial charge is 0.287 e. The van der Waals surface area contributed by atoms with Crippen molar-refractivity contribution in [2.24, 2.45) is 0 Å². The Labute approximate surface area is 88.9 Å². The molecule has 1 rings (SSSR count). The lowest BCUT2D eigenvalue weighted by atomic mass is 10.1. The van der Waals surface area contributed by atoms with Crippen LogP contribution in [0.5, 0.6) is 0 Å². The van der Waals surface area contributed by atoms with E-state index in [9.17, 15) is 4.79 Å². The summed E-state index contributed by atoms with van der Waals surface area (Å²) in [6, 6.07) is 5.30. The predicted molar refractivity (Wildman–Crippen MR) is 55.2 cm³/mol. The summed E-state index contributed by atoms with van der Waals surface area (Å²) < 4.78 is 5.17. The molecule has 4 nitrogen and oxygen atoms in total. The summed E-state index contributed by atoms with van der Waals surface area (Å²) >= 11 is 0. The van der Waals surface area contributed by atoms with Crippen molar-refractivity contribution in [2.75, 3.05) is 0 Å². The van der Waals surface area contributed by atoms with E-state index < -0.39 is 0 Å². The molecule has 0 saturated heterocycles. The lowest BCUT2D eigenvalue weighted by molar-refractivity contribution is 0.0907. The van der Waals surface area contributed by atoms with Crippen LogP contribution in [-0.4, -0.2) is 11.9 Å². The van der Waals surface area contributed by atoms with Gasteiger partial charge in [-0.1, -0.05) is 6.92 Å². The Morgan fingerprint density at radius 1 is 1.67 bits per heavy atom. The number of aryl methyl sites for hydroxylation is 1. The summed E-state index contributed by atoms with van der Waals surface area (Å²) in [7, 11) is 0. The molecule has 0 spiro atoms. The van der Waals surface area contributed by atoms with E-state index in [1.54, 1.807) is 19.1 Å². The first-order valence-corrected chi connectivity index (χ1v) is 4.91. The van der Waals surface area contributed by atoms with Gasteiger partial charge in [-0.05, 0) is 25.5 Å². The maximum atomic E-state index is 11.6. The van der Waals surface area contributed by atoms with Gasteiger partial charge in [0, 0.05) is 6.04 Å². The number of carbonyl (C=O) groups is 1. The fraction of sp³-hybridized carbons (Fsp3) is 0.455. The fourth-order valence-corrected chi connectivity index (χ4v) is 1.22. The summed E-state index contributed by atoms with van der Waals surface area (Å²) in [6.45, 7) is 3.71. The molecular weight excluding hydrogens is 192 g/mol. The second kappa shape index (κ2) is 5.20. The average Bonchev–Trinajstić information content (AvgIpc) is 2.64. The van der Waals surface area contributed by atoms with Crippen LogP contribution in [0.1, 0.15) is 36.1 Å². The molecule has 1 N–H and O–H groups in total. The zero-order valence-electron chi connectivity index (χ0n) is 8.91. The Kier molecular flexibility index (Phi) is 3.92. The van der Waals surface area contributed by atoms with Gasteiger partial charge in [0.25, 0.3) is 5.91 Å². The Morgan fingerprint density at radius 3 is 2.87 bits per heavy atom. The van der Waals surface area contributed by atoms with Crippen molar-refractivity contribution >= 4 is 5.91 Å². The zero-order chi connectivity index (χ0) is 11.3. The molecule has 0 saturated carbocycles. The Hall–Kier alpha value is -1.76. The molecule has 80 valence electrons. The standard InChI is InChI=1S/C11H14N2O2/c1-3-9(6-7-12)13-11(14)10-5-4-8(2)15-10/h4-5,9H,3,6H2,1-2H3,(H,13,14). The SMILES string of the molecule is CCC(CC#N)NC(=O)c1ccc(C)o1. The van der Waals surface area contributed by atoms with Gasteiger partial charge in [-0.2, -0.15) is 5.26 Å². The normalized spacial score (nSPS) is 11.8. The van der Waals surface area contributed by atoms with Gasteiger partial charge in [-0.15, -0.1) is 0 Å². The molecule has 0 aliphatic rings. The molecular formula is C11H14N2O2. The third kappa shape index (κ3) is 3.13. The van der Waals surface area contributed by atoms with Crippen LogP contribution in [0.25, 0.3) is 0 Å². The summed E-state index contributed by atoms with van der Waals surface area (Å²) in [4.78, 5) is 11.6. The van der Waals surface area contributed by atoms with Crippen LogP contribution >= 0.6 is 0 Å². The van der Waals surface area contributed by atoms with Crippen LogP contribution in [0.15, 0.2) is 16.5 Å². The zero-order valence-corrected chi connectivity index (χ0v) is 8.91. The number of hydrogen-bond acceptors (Lipinski definition) is 3. The van der Waals surface area contributed by atoms with Crippen molar-refractivity contribution in [3.05, 3.63) is 23.7 Å². The number of hydrogen-bond donors (Lipinski definition) is 1. The van der Waals surface area contributed by atoms with Crippen LogP contribution in [0.4, 0.5) is 0 Å². The first-order chi connectivity index (χ1) is 7.17. The molecule has 0 aromatic carbocycles. The molecule has 0 aliphatic carbocycles. The Balaban J connectivity index is 2.59. The van der Waals surface area contributed by atoms with Gasteiger partial charge in [0.05, 0.1) is 12.5 Å². The largest absolute Gasteiger partial charge is 0.456 e. The molecule has 1 heterocycles. The minimum atomic E-state index is -0.259. The first-order valence-electron chi connectivity index (χ1n) is 4.91. The van der Waals surface area contributed by atoms with E-state index in [4.69, 9.17) is 9.68 Å². The third-order valence-corrected chi connectivity index (χ3v) is 2.13. The van der Waals surface area contributed by atoms with Crippen LogP contribution in [-0.2, 0) is 0 Å². The topological polar surface area (TPSA) is 66.0 Å². The van der Waals surface area contributed by atoms with Gasteiger partial charge in [0.15, 0.2) is 5.76 Å². The van der Waals surface area contributed by atoms with E-state index in [-0.39, 0.29) is 11.9 Å². The molecule has 1 aromatic rings. The van der Waals surface area contributed by atoms with Crippen molar-refractivity contribution in [2.45, 2.75) is 32.7 Å². The lowest BCUT2D eigenvalue weighted by Crippen LogP contribution is -2.33. The van der Waals surface area contributed by atoms with E-state index in [1.807, 2.05) is 13.0 Å². The van der Waals surface area contributed by atoms with Crippen LogP contribution in [0.2, 0.25) is 0 Å². The number of carbonyl (C=O) groups excluding carboxylic acids is 1. The van der Waals surface area contributed by atoms with Gasteiger partial charge in [-0.3, -0.25) is 4.79 Å². The summed E-state index contributed by atoms with van der Waals surface area (Å²) in [5, 5.41) is 11.3. The Morgan fingerprint density at radius 2 is 2.40 bits per heavy atom.